The zero-order valence-corrected chi connectivity index (χ0v) is 15.3. The van der Waals surface area contributed by atoms with Crippen molar-refractivity contribution in [2.45, 2.75) is 11.5 Å². The van der Waals surface area contributed by atoms with Crippen LogP contribution in [0.1, 0.15) is 17.0 Å². The molecule has 0 bridgehead atoms. The van der Waals surface area contributed by atoms with E-state index in [9.17, 15) is 14.0 Å². The first-order chi connectivity index (χ1) is 13.5. The van der Waals surface area contributed by atoms with Crippen LogP contribution in [0.5, 0.6) is 0 Å². The van der Waals surface area contributed by atoms with Gasteiger partial charge in [-0.1, -0.05) is 41.9 Å². The molecule has 2 atom stereocenters. The normalized spacial score (nSPS) is 22.8. The Hall–Kier alpha value is -3.18. The Morgan fingerprint density at radius 3 is 2.32 bits per heavy atom. The van der Waals surface area contributed by atoms with Crippen LogP contribution in [0, 0.1) is 5.82 Å². The molecule has 1 spiro atoms. The Bertz CT molecular complexity index is 1060. The quantitative estimate of drug-likeness (QED) is 0.655. The van der Waals surface area contributed by atoms with E-state index in [0.29, 0.717) is 22.0 Å². The Morgan fingerprint density at radius 2 is 1.61 bits per heavy atom. The van der Waals surface area contributed by atoms with Crippen LogP contribution >= 0.6 is 11.6 Å². The molecule has 1 N–H and O–H groups in total. The topological polar surface area (TPSA) is 49.4 Å². The summed E-state index contributed by atoms with van der Waals surface area (Å²) in [7, 11) is 0. The van der Waals surface area contributed by atoms with Gasteiger partial charge in [0.1, 0.15) is 11.7 Å². The highest BCUT2D eigenvalue weighted by Gasteiger charge is 2.69. The number of rotatable bonds is 2. The number of amides is 2. The first-order valence-corrected chi connectivity index (χ1v) is 9.17. The number of nitrogens with zero attached hydrogens (tertiary/aromatic N) is 1. The molecule has 3 aromatic carbocycles. The van der Waals surface area contributed by atoms with Gasteiger partial charge in [0.15, 0.2) is 5.54 Å². The molecule has 1 saturated heterocycles. The van der Waals surface area contributed by atoms with E-state index >= 15 is 0 Å². The molecule has 1 fully saturated rings. The SMILES string of the molecule is O=C1[C@@H](c2ccc(Cl)cc2)[C@@]2(C(=O)Nc3ccccc32)N1c1ccc(F)cc1. The van der Waals surface area contributed by atoms with Gasteiger partial charge >= 0.3 is 0 Å². The van der Waals surface area contributed by atoms with Crippen LogP contribution in [0.25, 0.3) is 0 Å². The molecule has 5 rings (SSSR count). The molecule has 3 aromatic rings. The molecule has 6 heteroatoms. The molecule has 0 aromatic heterocycles. The second kappa shape index (κ2) is 5.91. The minimum absolute atomic E-state index is 0.221. The average molecular weight is 393 g/mol. The molecule has 2 aliphatic heterocycles. The zero-order valence-electron chi connectivity index (χ0n) is 14.5. The molecule has 0 aliphatic carbocycles. The standard InChI is InChI=1S/C22H14ClFN2O2/c23-14-7-5-13(6-8-14)19-20(27)26(16-11-9-15(24)10-12-16)22(19)17-3-1-2-4-18(17)25-21(22)28/h1-12,19H,(H,25,28)/t19-,22+/m1/s1. The number of nitrogens with one attached hydrogen (secondary N) is 1. The van der Waals surface area contributed by atoms with Gasteiger partial charge in [-0.3, -0.25) is 14.5 Å². The van der Waals surface area contributed by atoms with Crippen LogP contribution < -0.4 is 10.2 Å². The predicted octanol–water partition coefficient (Wildman–Crippen LogP) is 4.46. The van der Waals surface area contributed by atoms with Crippen LogP contribution in [0.4, 0.5) is 15.8 Å². The van der Waals surface area contributed by atoms with E-state index in [1.807, 2.05) is 24.3 Å². The van der Waals surface area contributed by atoms with Gasteiger partial charge in [-0.05, 0) is 48.0 Å². The highest BCUT2D eigenvalue weighted by Crippen LogP contribution is 2.58. The van der Waals surface area contributed by atoms with Crippen LogP contribution in [0.3, 0.4) is 0 Å². The summed E-state index contributed by atoms with van der Waals surface area (Å²) in [5.41, 5.74) is 1.36. The van der Waals surface area contributed by atoms with Crippen LogP contribution in [0.15, 0.2) is 72.8 Å². The minimum Gasteiger partial charge on any atom is -0.323 e. The number of β-lactam (4-membered cyclic amide) rings is 1. The Labute approximate surface area is 165 Å². The van der Waals surface area contributed by atoms with Crippen molar-refractivity contribution in [3.05, 3.63) is 94.8 Å². The summed E-state index contributed by atoms with van der Waals surface area (Å²) in [5, 5.41) is 3.45. The van der Waals surface area contributed by atoms with Crippen molar-refractivity contribution < 1.29 is 14.0 Å². The summed E-state index contributed by atoms with van der Waals surface area (Å²) in [4.78, 5) is 28.0. The monoisotopic (exact) mass is 392 g/mol. The van der Waals surface area contributed by atoms with E-state index in [4.69, 9.17) is 11.6 Å². The summed E-state index contributed by atoms with van der Waals surface area (Å²) < 4.78 is 13.4. The number of anilines is 2. The lowest BCUT2D eigenvalue weighted by Crippen LogP contribution is -2.70. The summed E-state index contributed by atoms with van der Waals surface area (Å²) >= 11 is 6.00. The zero-order chi connectivity index (χ0) is 19.5. The molecule has 4 nitrogen and oxygen atoms in total. The summed E-state index contributed by atoms with van der Waals surface area (Å²) in [6.45, 7) is 0. The predicted molar refractivity (Wildman–Crippen MR) is 105 cm³/mol. The van der Waals surface area contributed by atoms with Crippen molar-refractivity contribution in [2.24, 2.45) is 0 Å². The Kier molecular flexibility index (Phi) is 3.58. The van der Waals surface area contributed by atoms with Crippen molar-refractivity contribution >= 4 is 34.8 Å². The van der Waals surface area contributed by atoms with Gasteiger partial charge in [-0.25, -0.2) is 4.39 Å². The Balaban J connectivity index is 1.74. The van der Waals surface area contributed by atoms with E-state index in [0.717, 1.165) is 5.56 Å². The van der Waals surface area contributed by atoms with Crippen LogP contribution in [0.2, 0.25) is 5.02 Å². The van der Waals surface area contributed by atoms with Gasteiger partial charge in [0, 0.05) is 22.0 Å². The number of fused-ring (bicyclic) bond motifs is 2. The minimum atomic E-state index is -1.22. The summed E-state index contributed by atoms with van der Waals surface area (Å²) in [5.74, 6) is -1.60. The molecule has 0 radical (unpaired) electrons. The van der Waals surface area contributed by atoms with Crippen LogP contribution in [-0.2, 0) is 15.1 Å². The first-order valence-electron chi connectivity index (χ1n) is 8.79. The fourth-order valence-electron chi connectivity index (χ4n) is 4.28. The maximum atomic E-state index is 13.4. The fourth-order valence-corrected chi connectivity index (χ4v) is 4.40. The van der Waals surface area contributed by atoms with Crippen LogP contribution in [-0.4, -0.2) is 11.8 Å². The molecule has 28 heavy (non-hydrogen) atoms. The molecular formula is C22H14ClFN2O2. The maximum absolute atomic E-state index is 13.4. The van der Waals surface area contributed by atoms with E-state index in [2.05, 4.69) is 5.32 Å². The number of halogens is 2. The van der Waals surface area contributed by atoms with Crippen molar-refractivity contribution in [3.63, 3.8) is 0 Å². The Morgan fingerprint density at radius 1 is 0.929 bits per heavy atom. The first kappa shape index (κ1) is 17.0. The summed E-state index contributed by atoms with van der Waals surface area (Å²) in [6, 6.07) is 19.9. The third-order valence-electron chi connectivity index (χ3n) is 5.46. The third kappa shape index (κ3) is 2.11. The lowest BCUT2D eigenvalue weighted by Gasteiger charge is -2.54. The van der Waals surface area contributed by atoms with Crippen molar-refractivity contribution in [2.75, 3.05) is 10.2 Å². The molecule has 2 aliphatic rings. The van der Waals surface area contributed by atoms with Crippen molar-refractivity contribution in [1.29, 1.82) is 0 Å². The van der Waals surface area contributed by atoms with Crippen molar-refractivity contribution in [1.82, 2.24) is 0 Å². The number of hydrogen-bond acceptors (Lipinski definition) is 2. The molecule has 2 heterocycles. The molecule has 2 amide bonds. The van der Waals surface area contributed by atoms with Gasteiger partial charge < -0.3 is 5.32 Å². The highest BCUT2D eigenvalue weighted by atomic mass is 35.5. The second-order valence-corrected chi connectivity index (χ2v) is 7.34. The lowest BCUT2D eigenvalue weighted by molar-refractivity contribution is -0.139. The number of benzene rings is 3. The molecular weight excluding hydrogens is 379 g/mol. The fraction of sp³-hybridized carbons (Fsp3) is 0.0909. The van der Waals surface area contributed by atoms with Crippen molar-refractivity contribution in [3.8, 4) is 0 Å². The smallest absolute Gasteiger partial charge is 0.256 e. The molecule has 138 valence electrons. The van der Waals surface area contributed by atoms with E-state index < -0.39 is 17.3 Å². The second-order valence-electron chi connectivity index (χ2n) is 6.90. The molecule has 0 saturated carbocycles. The maximum Gasteiger partial charge on any atom is 0.256 e. The number of hydrogen-bond donors (Lipinski definition) is 1. The van der Waals surface area contributed by atoms with Gasteiger partial charge in [0.05, 0.1) is 0 Å². The number of carbonyl (C=O) groups excluding carboxylic acids is 2. The van der Waals surface area contributed by atoms with Gasteiger partial charge in [0.2, 0.25) is 5.91 Å². The van der Waals surface area contributed by atoms with Gasteiger partial charge in [-0.15, -0.1) is 0 Å². The van der Waals surface area contributed by atoms with E-state index in [-0.39, 0.29) is 11.8 Å². The largest absolute Gasteiger partial charge is 0.323 e. The van der Waals surface area contributed by atoms with Gasteiger partial charge in [-0.2, -0.15) is 0 Å². The third-order valence-corrected chi connectivity index (χ3v) is 5.71. The number of para-hydroxylation sites is 1. The van der Waals surface area contributed by atoms with E-state index in [1.54, 1.807) is 24.3 Å². The molecule has 0 unspecified atom stereocenters. The highest BCUT2D eigenvalue weighted by molar-refractivity contribution is 6.30. The number of carbonyl (C=O) groups is 2. The van der Waals surface area contributed by atoms with Gasteiger partial charge in [0.25, 0.3) is 5.91 Å². The lowest BCUT2D eigenvalue weighted by atomic mass is 9.66. The van der Waals surface area contributed by atoms with E-state index in [1.165, 1.54) is 29.2 Å². The summed E-state index contributed by atoms with van der Waals surface area (Å²) in [6.07, 6.45) is 0. The average Bonchev–Trinajstić information content (AvgIpc) is 2.99.